The van der Waals surface area contributed by atoms with E-state index in [0.29, 0.717) is 17.6 Å². The minimum absolute atomic E-state index is 0.565. The molecule has 0 radical (unpaired) electrons. The molecule has 0 aliphatic heterocycles. The summed E-state index contributed by atoms with van der Waals surface area (Å²) in [6.07, 6.45) is 0. The minimum Gasteiger partial charge on any atom is -0.309 e. The van der Waals surface area contributed by atoms with Gasteiger partial charge in [0.1, 0.15) is 0 Å². The molecular formula is C57H37N5. The molecule has 0 unspecified atom stereocenters. The van der Waals surface area contributed by atoms with Gasteiger partial charge < -0.3 is 4.57 Å². The summed E-state index contributed by atoms with van der Waals surface area (Å²) in [4.78, 5) is 15.9. The van der Waals surface area contributed by atoms with Gasteiger partial charge in [-0.1, -0.05) is 182 Å². The van der Waals surface area contributed by atoms with Crippen molar-refractivity contribution in [2.75, 3.05) is 0 Å². The van der Waals surface area contributed by atoms with Gasteiger partial charge in [-0.15, -0.1) is 0 Å². The van der Waals surface area contributed by atoms with Gasteiger partial charge in [0.05, 0.1) is 22.1 Å². The van der Waals surface area contributed by atoms with Crippen molar-refractivity contribution in [2.24, 2.45) is 0 Å². The zero-order chi connectivity index (χ0) is 41.0. The van der Waals surface area contributed by atoms with Gasteiger partial charge in [0.25, 0.3) is 0 Å². The fourth-order valence-corrected chi connectivity index (χ4v) is 9.19. The van der Waals surface area contributed by atoms with Crippen molar-refractivity contribution in [3.63, 3.8) is 0 Å². The van der Waals surface area contributed by atoms with E-state index in [0.717, 1.165) is 71.9 Å². The van der Waals surface area contributed by atoms with Crippen LogP contribution in [0.25, 0.3) is 111 Å². The lowest BCUT2D eigenvalue weighted by molar-refractivity contribution is 0.954. The van der Waals surface area contributed by atoms with Crippen molar-refractivity contribution in [1.82, 2.24) is 24.1 Å². The molecule has 12 aromatic rings. The Kier molecular flexibility index (Phi) is 8.42. The Labute approximate surface area is 358 Å². The molecule has 5 nitrogen and oxygen atoms in total. The molecular weight excluding hydrogens is 755 g/mol. The van der Waals surface area contributed by atoms with E-state index in [1.54, 1.807) is 0 Å². The average Bonchev–Trinajstić information content (AvgIpc) is 3.88. The molecule has 62 heavy (non-hydrogen) atoms. The van der Waals surface area contributed by atoms with Gasteiger partial charge in [-0.25, -0.2) is 4.98 Å². The van der Waals surface area contributed by atoms with E-state index in [9.17, 15) is 0 Å². The van der Waals surface area contributed by atoms with Gasteiger partial charge in [0.15, 0.2) is 11.6 Å². The molecule has 5 heteroatoms. The van der Waals surface area contributed by atoms with Crippen molar-refractivity contribution >= 4 is 43.6 Å². The summed E-state index contributed by atoms with van der Waals surface area (Å²) in [5, 5.41) is 4.68. The van der Waals surface area contributed by atoms with Gasteiger partial charge in [-0.05, 0) is 70.3 Å². The van der Waals surface area contributed by atoms with Crippen LogP contribution in [0.2, 0.25) is 0 Å². The molecule has 0 atom stereocenters. The first-order chi connectivity index (χ1) is 30.8. The molecule has 290 valence electrons. The summed E-state index contributed by atoms with van der Waals surface area (Å²) in [6.45, 7) is 0. The van der Waals surface area contributed by atoms with Crippen LogP contribution in [0.4, 0.5) is 0 Å². The van der Waals surface area contributed by atoms with Gasteiger partial charge in [-0.2, -0.15) is 9.97 Å². The number of rotatable bonds is 7. The highest BCUT2D eigenvalue weighted by atomic mass is 15.2. The van der Waals surface area contributed by atoms with Crippen LogP contribution in [0.3, 0.4) is 0 Å². The number of benzene rings is 9. The highest BCUT2D eigenvalue weighted by Gasteiger charge is 2.22. The predicted molar refractivity (Wildman–Crippen MR) is 256 cm³/mol. The molecule has 3 aromatic heterocycles. The zero-order valence-corrected chi connectivity index (χ0v) is 33.6. The smallest absolute Gasteiger partial charge is 0.238 e. The number of aromatic nitrogens is 5. The lowest BCUT2D eigenvalue weighted by atomic mass is 9.96. The molecule has 0 saturated heterocycles. The van der Waals surface area contributed by atoms with Gasteiger partial charge in [-0.3, -0.25) is 4.57 Å². The monoisotopic (exact) mass is 791 g/mol. The van der Waals surface area contributed by atoms with E-state index in [2.05, 4.69) is 215 Å². The number of para-hydroxylation sites is 3. The third-order valence-corrected chi connectivity index (χ3v) is 12.0. The zero-order valence-electron chi connectivity index (χ0n) is 33.6. The van der Waals surface area contributed by atoms with Gasteiger partial charge >= 0.3 is 0 Å². The molecule has 0 bridgehead atoms. The first kappa shape index (κ1) is 35.5. The van der Waals surface area contributed by atoms with E-state index in [-0.39, 0.29) is 0 Å². The Bertz CT molecular complexity index is 3610. The fourth-order valence-electron chi connectivity index (χ4n) is 9.19. The van der Waals surface area contributed by atoms with Crippen molar-refractivity contribution in [3.05, 3.63) is 224 Å². The molecule has 0 fully saturated rings. The standard InChI is InChI=1S/C57H37N5/c1-5-18-38(19-6-1)41-34-35-51-49(37-41)53-45(29-17-33-52(53)61(51)44-26-11-4-12-27-44)42-24-15-25-43(36-42)56-58-55(40-22-9-3-10-23-40)59-57(60-56)62-50-32-14-13-28-47(50)48-31-16-30-46(54(48)62)39-20-7-2-8-21-39/h1-37H. The van der Waals surface area contributed by atoms with Crippen molar-refractivity contribution < 1.29 is 0 Å². The van der Waals surface area contributed by atoms with Crippen LogP contribution in [-0.4, -0.2) is 24.1 Å². The average molecular weight is 792 g/mol. The van der Waals surface area contributed by atoms with Crippen molar-refractivity contribution in [1.29, 1.82) is 0 Å². The van der Waals surface area contributed by atoms with Crippen molar-refractivity contribution in [2.45, 2.75) is 0 Å². The molecule has 0 aliphatic carbocycles. The Morgan fingerprint density at radius 2 is 0.839 bits per heavy atom. The largest absolute Gasteiger partial charge is 0.309 e. The Hall–Kier alpha value is -8.41. The fraction of sp³-hybridized carbons (Fsp3) is 0. The predicted octanol–water partition coefficient (Wildman–Crippen LogP) is 14.4. The summed E-state index contributed by atoms with van der Waals surface area (Å²) in [7, 11) is 0. The Morgan fingerprint density at radius 3 is 1.61 bits per heavy atom. The second-order valence-electron chi connectivity index (χ2n) is 15.6. The van der Waals surface area contributed by atoms with Crippen LogP contribution in [-0.2, 0) is 0 Å². The minimum atomic E-state index is 0.565. The molecule has 9 aromatic carbocycles. The molecule has 3 heterocycles. The van der Waals surface area contributed by atoms with Crippen LogP contribution < -0.4 is 0 Å². The second kappa shape index (κ2) is 14.7. The van der Waals surface area contributed by atoms with Crippen LogP contribution in [0.1, 0.15) is 0 Å². The number of hydrogen-bond donors (Lipinski definition) is 0. The van der Waals surface area contributed by atoms with Gasteiger partial charge in [0.2, 0.25) is 5.95 Å². The topological polar surface area (TPSA) is 48.5 Å². The van der Waals surface area contributed by atoms with E-state index in [4.69, 9.17) is 15.0 Å². The summed E-state index contributed by atoms with van der Waals surface area (Å²) >= 11 is 0. The summed E-state index contributed by atoms with van der Waals surface area (Å²) in [6, 6.07) is 79.2. The normalized spacial score (nSPS) is 11.5. The van der Waals surface area contributed by atoms with Gasteiger partial charge in [0, 0.05) is 43.9 Å². The molecule has 0 aliphatic rings. The Morgan fingerprint density at radius 1 is 0.290 bits per heavy atom. The SMILES string of the molecule is c1ccc(-c2ccc3c(c2)c2c(-c4cccc(-c5nc(-c6ccccc6)nc(-n6c7ccccc7c7cccc(-c8ccccc8)c76)n5)c4)cccc2n3-c2ccccc2)cc1. The third kappa shape index (κ3) is 5.90. The molecule has 0 saturated carbocycles. The maximum Gasteiger partial charge on any atom is 0.238 e. The Balaban J connectivity index is 1.09. The summed E-state index contributed by atoms with van der Waals surface area (Å²) < 4.78 is 4.60. The summed E-state index contributed by atoms with van der Waals surface area (Å²) in [5.74, 6) is 1.78. The lowest BCUT2D eigenvalue weighted by Crippen LogP contribution is -2.07. The third-order valence-electron chi connectivity index (χ3n) is 12.0. The highest BCUT2D eigenvalue weighted by Crippen LogP contribution is 2.42. The van der Waals surface area contributed by atoms with Crippen LogP contribution in [0.15, 0.2) is 224 Å². The van der Waals surface area contributed by atoms with E-state index >= 15 is 0 Å². The first-order valence-electron chi connectivity index (χ1n) is 21.0. The lowest BCUT2D eigenvalue weighted by Gasteiger charge is -2.13. The second-order valence-corrected chi connectivity index (χ2v) is 15.6. The van der Waals surface area contributed by atoms with Crippen molar-refractivity contribution in [3.8, 4) is 67.8 Å². The number of fused-ring (bicyclic) bond motifs is 6. The molecule has 0 amide bonds. The van der Waals surface area contributed by atoms with Crippen LogP contribution >= 0.6 is 0 Å². The maximum atomic E-state index is 5.38. The van der Waals surface area contributed by atoms with E-state index < -0.39 is 0 Å². The van der Waals surface area contributed by atoms with E-state index in [1.165, 1.54) is 21.9 Å². The number of hydrogen-bond acceptors (Lipinski definition) is 3. The van der Waals surface area contributed by atoms with Crippen LogP contribution in [0, 0.1) is 0 Å². The van der Waals surface area contributed by atoms with E-state index in [1.807, 2.05) is 18.2 Å². The quantitative estimate of drug-likeness (QED) is 0.162. The first-order valence-corrected chi connectivity index (χ1v) is 21.0. The molecule has 0 N–H and O–H groups in total. The molecule has 12 rings (SSSR count). The van der Waals surface area contributed by atoms with Crippen LogP contribution in [0.5, 0.6) is 0 Å². The molecule has 0 spiro atoms. The summed E-state index contributed by atoms with van der Waals surface area (Å²) in [5.41, 5.74) is 14.2. The maximum absolute atomic E-state index is 5.38. The number of nitrogens with zero attached hydrogens (tertiary/aromatic N) is 5. The highest BCUT2D eigenvalue weighted by molar-refractivity contribution is 6.17.